The Labute approximate surface area is 192 Å². The molecule has 7 nitrogen and oxygen atoms in total. The van der Waals surface area contributed by atoms with Crippen molar-refractivity contribution in [2.75, 3.05) is 13.2 Å². The van der Waals surface area contributed by atoms with Crippen LogP contribution in [0, 0.1) is 13.8 Å². The summed E-state index contributed by atoms with van der Waals surface area (Å²) in [5, 5.41) is 22.9. The number of aromatic nitrogens is 2. The van der Waals surface area contributed by atoms with Crippen LogP contribution in [-0.4, -0.2) is 48.9 Å². The molecule has 0 radical (unpaired) electrons. The van der Waals surface area contributed by atoms with Crippen molar-refractivity contribution in [3.63, 3.8) is 0 Å². The third-order valence-electron chi connectivity index (χ3n) is 5.90. The number of nitrogens with one attached hydrogen (secondary N) is 1. The van der Waals surface area contributed by atoms with Gasteiger partial charge in [-0.05, 0) is 74.4 Å². The van der Waals surface area contributed by atoms with E-state index in [0.717, 1.165) is 28.3 Å². The van der Waals surface area contributed by atoms with Gasteiger partial charge in [-0.2, -0.15) is 0 Å². The standard InChI is InChI=1S/C24H26N4O3S/c1-15-13-19(16(2)28(15)18-8-5-7-17(14-18)23(30)31)22-21(20-9-3-4-10-25-20)26-24(32)27(22)11-6-12-29/h3-5,7-10,13-14,21-22,29H,6,11-12H2,1-2H3,(H,26,32)(H,30,31)/t21-,22+/m0/s1. The van der Waals surface area contributed by atoms with E-state index in [2.05, 4.69) is 25.8 Å². The van der Waals surface area contributed by atoms with E-state index in [1.807, 2.05) is 38.1 Å². The fourth-order valence-corrected chi connectivity index (χ4v) is 4.82. The van der Waals surface area contributed by atoms with Crippen molar-refractivity contribution >= 4 is 23.3 Å². The van der Waals surface area contributed by atoms with E-state index in [-0.39, 0.29) is 24.3 Å². The van der Waals surface area contributed by atoms with Crippen molar-refractivity contribution in [3.05, 3.63) is 82.9 Å². The number of pyridine rings is 1. The fraction of sp³-hybridized carbons (Fsp3) is 0.292. The molecule has 0 saturated carbocycles. The van der Waals surface area contributed by atoms with Gasteiger partial charge in [0, 0.05) is 36.4 Å². The predicted octanol–water partition coefficient (Wildman–Crippen LogP) is 3.54. The molecule has 0 unspecified atom stereocenters. The zero-order valence-electron chi connectivity index (χ0n) is 18.0. The number of carboxylic acids is 1. The highest BCUT2D eigenvalue weighted by molar-refractivity contribution is 7.80. The fourth-order valence-electron chi connectivity index (χ4n) is 4.49. The number of aliphatic hydroxyl groups excluding tert-OH is 1. The Hall–Kier alpha value is -3.23. The predicted molar refractivity (Wildman–Crippen MR) is 126 cm³/mol. The van der Waals surface area contributed by atoms with Crippen molar-refractivity contribution < 1.29 is 15.0 Å². The number of hydrogen-bond acceptors (Lipinski definition) is 4. The van der Waals surface area contributed by atoms with E-state index < -0.39 is 5.97 Å². The lowest BCUT2D eigenvalue weighted by Gasteiger charge is -2.28. The molecule has 4 rings (SSSR count). The van der Waals surface area contributed by atoms with Crippen LogP contribution in [0.15, 0.2) is 54.7 Å². The number of benzene rings is 1. The molecule has 0 amide bonds. The molecule has 3 N–H and O–H groups in total. The number of aromatic carboxylic acids is 1. The minimum Gasteiger partial charge on any atom is -0.478 e. The summed E-state index contributed by atoms with van der Waals surface area (Å²) in [4.78, 5) is 18.2. The first kappa shape index (κ1) is 22.0. The molecule has 1 fully saturated rings. The number of carboxylic acid groups (broad SMARTS) is 1. The summed E-state index contributed by atoms with van der Waals surface area (Å²) in [6.07, 6.45) is 2.38. The van der Waals surface area contributed by atoms with E-state index in [4.69, 9.17) is 12.2 Å². The SMILES string of the molecule is Cc1cc([C@@H]2[C@H](c3ccccn3)NC(=S)N2CCCO)c(C)n1-c1cccc(C(=O)O)c1. The molecule has 2 atom stereocenters. The summed E-state index contributed by atoms with van der Waals surface area (Å²) in [6, 6.07) is 14.7. The Kier molecular flexibility index (Phi) is 6.25. The van der Waals surface area contributed by atoms with Gasteiger partial charge in [0.1, 0.15) is 0 Å². The molecular weight excluding hydrogens is 424 g/mol. The molecule has 1 saturated heterocycles. The quantitative estimate of drug-likeness (QED) is 0.474. The van der Waals surface area contributed by atoms with Crippen LogP contribution in [-0.2, 0) is 0 Å². The minimum absolute atomic E-state index is 0.0844. The smallest absolute Gasteiger partial charge is 0.335 e. The number of carbonyl (C=O) groups is 1. The average molecular weight is 451 g/mol. The summed E-state index contributed by atoms with van der Waals surface area (Å²) in [7, 11) is 0. The number of thiocarbonyl (C=S) groups is 1. The van der Waals surface area contributed by atoms with Gasteiger partial charge in [0.05, 0.1) is 23.3 Å². The summed E-state index contributed by atoms with van der Waals surface area (Å²) < 4.78 is 2.07. The van der Waals surface area contributed by atoms with E-state index in [1.165, 1.54) is 0 Å². The van der Waals surface area contributed by atoms with Gasteiger partial charge in [-0.1, -0.05) is 12.1 Å². The molecule has 8 heteroatoms. The maximum atomic E-state index is 11.5. The van der Waals surface area contributed by atoms with E-state index in [1.54, 1.807) is 24.4 Å². The second-order valence-corrected chi connectivity index (χ2v) is 8.30. The Balaban J connectivity index is 1.82. The van der Waals surface area contributed by atoms with Crippen LogP contribution < -0.4 is 5.32 Å². The van der Waals surface area contributed by atoms with Gasteiger partial charge in [-0.15, -0.1) is 0 Å². The molecule has 2 aromatic heterocycles. The number of rotatable bonds is 7. The van der Waals surface area contributed by atoms with Crippen molar-refractivity contribution in [2.24, 2.45) is 0 Å². The summed E-state index contributed by atoms with van der Waals surface area (Å²) in [5.74, 6) is -0.953. The van der Waals surface area contributed by atoms with Crippen molar-refractivity contribution in [1.29, 1.82) is 0 Å². The summed E-state index contributed by atoms with van der Waals surface area (Å²) in [5.41, 5.74) is 5.04. The first-order valence-corrected chi connectivity index (χ1v) is 10.9. The average Bonchev–Trinajstić information content (AvgIpc) is 3.27. The van der Waals surface area contributed by atoms with Gasteiger partial charge in [0.2, 0.25) is 0 Å². The lowest BCUT2D eigenvalue weighted by Crippen LogP contribution is -2.31. The van der Waals surface area contributed by atoms with E-state index >= 15 is 0 Å². The monoisotopic (exact) mass is 450 g/mol. The van der Waals surface area contributed by atoms with Gasteiger partial charge in [-0.3, -0.25) is 4.98 Å². The maximum Gasteiger partial charge on any atom is 0.335 e. The van der Waals surface area contributed by atoms with Gasteiger partial charge >= 0.3 is 5.97 Å². The van der Waals surface area contributed by atoms with Gasteiger partial charge in [0.25, 0.3) is 0 Å². The lowest BCUT2D eigenvalue weighted by atomic mass is 9.96. The normalized spacial score (nSPS) is 18.1. The molecule has 1 aliphatic heterocycles. The Bertz CT molecular complexity index is 1150. The summed E-state index contributed by atoms with van der Waals surface area (Å²) >= 11 is 5.66. The van der Waals surface area contributed by atoms with Crippen LogP contribution in [0.25, 0.3) is 5.69 Å². The summed E-state index contributed by atoms with van der Waals surface area (Å²) in [6.45, 7) is 4.75. The molecule has 0 bridgehead atoms. The number of aliphatic hydroxyl groups is 1. The van der Waals surface area contributed by atoms with Gasteiger partial charge in [0.15, 0.2) is 5.11 Å². The lowest BCUT2D eigenvalue weighted by molar-refractivity contribution is 0.0697. The molecule has 0 spiro atoms. The second-order valence-electron chi connectivity index (χ2n) is 7.91. The van der Waals surface area contributed by atoms with Gasteiger partial charge in [-0.25, -0.2) is 4.79 Å². The number of nitrogens with zero attached hydrogens (tertiary/aromatic N) is 3. The first-order valence-electron chi connectivity index (χ1n) is 10.5. The van der Waals surface area contributed by atoms with Gasteiger partial charge < -0.3 is 25.0 Å². The van der Waals surface area contributed by atoms with Crippen LogP contribution in [0.3, 0.4) is 0 Å². The van der Waals surface area contributed by atoms with Crippen molar-refractivity contribution in [3.8, 4) is 5.69 Å². The van der Waals surface area contributed by atoms with Crippen LogP contribution in [0.2, 0.25) is 0 Å². The molecule has 3 aromatic rings. The molecule has 0 aliphatic carbocycles. The topological polar surface area (TPSA) is 90.6 Å². The minimum atomic E-state index is -0.953. The van der Waals surface area contributed by atoms with Crippen LogP contribution in [0.1, 0.15) is 51.5 Å². The Morgan fingerprint density at radius 1 is 1.19 bits per heavy atom. The Morgan fingerprint density at radius 2 is 2.00 bits per heavy atom. The van der Waals surface area contributed by atoms with Crippen LogP contribution in [0.5, 0.6) is 0 Å². The Morgan fingerprint density at radius 3 is 2.69 bits per heavy atom. The molecule has 3 heterocycles. The van der Waals surface area contributed by atoms with Crippen molar-refractivity contribution in [2.45, 2.75) is 32.4 Å². The van der Waals surface area contributed by atoms with E-state index in [9.17, 15) is 15.0 Å². The first-order chi connectivity index (χ1) is 15.4. The molecule has 1 aromatic carbocycles. The molecule has 166 valence electrons. The third kappa shape index (κ3) is 3.99. The molecular formula is C24H26N4O3S. The molecule has 32 heavy (non-hydrogen) atoms. The zero-order chi connectivity index (χ0) is 22.8. The van der Waals surface area contributed by atoms with Crippen LogP contribution in [0.4, 0.5) is 0 Å². The third-order valence-corrected chi connectivity index (χ3v) is 6.25. The second kappa shape index (κ2) is 9.10. The molecule has 1 aliphatic rings. The largest absolute Gasteiger partial charge is 0.478 e. The van der Waals surface area contributed by atoms with E-state index in [0.29, 0.717) is 18.1 Å². The highest BCUT2D eigenvalue weighted by Gasteiger charge is 2.41. The zero-order valence-corrected chi connectivity index (χ0v) is 18.8. The number of aryl methyl sites for hydroxylation is 1. The van der Waals surface area contributed by atoms with Crippen molar-refractivity contribution in [1.82, 2.24) is 19.8 Å². The highest BCUT2D eigenvalue weighted by Crippen LogP contribution is 2.41. The number of hydrogen-bond donors (Lipinski definition) is 3. The maximum absolute atomic E-state index is 11.5. The highest BCUT2D eigenvalue weighted by atomic mass is 32.1. The van der Waals surface area contributed by atoms with Crippen LogP contribution >= 0.6 is 12.2 Å².